The van der Waals surface area contributed by atoms with Crippen LogP contribution in [0.5, 0.6) is 11.5 Å². The second-order valence-corrected chi connectivity index (χ2v) is 10.3. The largest absolute Gasteiger partial charge is 0.488 e. The fourth-order valence-electron chi connectivity index (χ4n) is 5.15. The summed E-state index contributed by atoms with van der Waals surface area (Å²) in [5.74, 6) is -0.875. The number of fused-ring (bicyclic) bond motifs is 8. The number of ether oxygens (including phenoxy) is 2. The number of carbonyl (C=O) groups is 3. The van der Waals surface area contributed by atoms with E-state index in [-0.39, 0.29) is 37.3 Å². The van der Waals surface area contributed by atoms with Crippen molar-refractivity contribution in [2.24, 2.45) is 0 Å². The van der Waals surface area contributed by atoms with Crippen LogP contribution in [0.2, 0.25) is 0 Å². The monoisotopic (exact) mass is 581 g/mol. The summed E-state index contributed by atoms with van der Waals surface area (Å²) in [4.78, 5) is 49.3. The Bertz CT molecular complexity index is 1670. The second-order valence-electron chi connectivity index (χ2n) is 10.3. The van der Waals surface area contributed by atoms with Crippen molar-refractivity contribution in [3.63, 3.8) is 0 Å². The molecule has 4 aromatic rings. The maximum atomic E-state index is 14.6. The van der Waals surface area contributed by atoms with Crippen molar-refractivity contribution >= 4 is 17.7 Å². The Morgan fingerprint density at radius 3 is 2.70 bits per heavy atom. The van der Waals surface area contributed by atoms with E-state index < -0.39 is 23.9 Å². The molecule has 0 aliphatic carbocycles. The number of halogens is 1. The molecule has 2 aliphatic heterocycles. The number of pyridine rings is 2. The number of likely N-dealkylation sites (tertiary alicyclic amines) is 1. The molecule has 1 fully saturated rings. The van der Waals surface area contributed by atoms with E-state index in [0.717, 1.165) is 5.56 Å². The zero-order valence-electron chi connectivity index (χ0n) is 23.0. The zero-order valence-corrected chi connectivity index (χ0v) is 23.0. The highest BCUT2D eigenvalue weighted by molar-refractivity contribution is 5.95. The van der Waals surface area contributed by atoms with E-state index in [1.807, 2.05) is 6.07 Å². The SMILES string of the molecule is O=C1COc2cccc(c2)-c2cncc(c2)C(=O)N[C@@H]2CN(C(=O)c3ccccn3)CC[C@@H]2Oc2cc(F)cc(c2)CN1. The first kappa shape index (κ1) is 27.8. The first-order chi connectivity index (χ1) is 20.9. The van der Waals surface area contributed by atoms with Gasteiger partial charge in [-0.1, -0.05) is 18.2 Å². The molecule has 2 N–H and O–H groups in total. The summed E-state index contributed by atoms with van der Waals surface area (Å²) in [7, 11) is 0. The van der Waals surface area contributed by atoms with E-state index in [2.05, 4.69) is 20.6 Å². The summed E-state index contributed by atoms with van der Waals surface area (Å²) >= 11 is 0. The molecular weight excluding hydrogens is 553 g/mol. The first-order valence-corrected chi connectivity index (χ1v) is 13.8. The van der Waals surface area contributed by atoms with Gasteiger partial charge in [-0.3, -0.25) is 24.4 Å². The third kappa shape index (κ3) is 6.61. The smallest absolute Gasteiger partial charge is 0.272 e. The van der Waals surface area contributed by atoms with Crippen molar-refractivity contribution in [1.29, 1.82) is 0 Å². The van der Waals surface area contributed by atoms with Gasteiger partial charge in [0.15, 0.2) is 6.61 Å². The van der Waals surface area contributed by atoms with Gasteiger partial charge in [0.25, 0.3) is 17.7 Å². The van der Waals surface area contributed by atoms with Crippen molar-refractivity contribution < 1.29 is 28.2 Å². The maximum Gasteiger partial charge on any atom is 0.272 e. The van der Waals surface area contributed by atoms with Crippen LogP contribution in [0.15, 0.2) is 85.3 Å². The van der Waals surface area contributed by atoms with Gasteiger partial charge < -0.3 is 25.0 Å². The molecule has 43 heavy (non-hydrogen) atoms. The van der Waals surface area contributed by atoms with E-state index in [9.17, 15) is 18.8 Å². The van der Waals surface area contributed by atoms with Crippen LogP contribution in [0.25, 0.3) is 11.1 Å². The number of hydrogen-bond acceptors (Lipinski definition) is 7. The average molecular weight is 582 g/mol. The summed E-state index contributed by atoms with van der Waals surface area (Å²) in [6.45, 7) is 0.319. The molecule has 6 rings (SSSR count). The molecule has 11 heteroatoms. The minimum Gasteiger partial charge on any atom is -0.488 e. The highest BCUT2D eigenvalue weighted by Gasteiger charge is 2.35. The fourth-order valence-corrected chi connectivity index (χ4v) is 5.15. The molecule has 10 nitrogen and oxygen atoms in total. The molecule has 0 unspecified atom stereocenters. The molecule has 2 aromatic heterocycles. The summed E-state index contributed by atoms with van der Waals surface area (Å²) in [6, 6.07) is 17.5. The summed E-state index contributed by atoms with van der Waals surface area (Å²) in [6.07, 6.45) is 4.43. The van der Waals surface area contributed by atoms with Gasteiger partial charge in [0.1, 0.15) is 29.1 Å². The van der Waals surface area contributed by atoms with Gasteiger partial charge in [0, 0.05) is 56.3 Å². The van der Waals surface area contributed by atoms with Crippen molar-refractivity contribution in [3.05, 3.63) is 108 Å². The molecule has 0 saturated carbocycles. The lowest BCUT2D eigenvalue weighted by Gasteiger charge is -2.38. The second kappa shape index (κ2) is 12.3. The Morgan fingerprint density at radius 1 is 0.953 bits per heavy atom. The lowest BCUT2D eigenvalue weighted by molar-refractivity contribution is -0.123. The minimum absolute atomic E-state index is 0.0606. The van der Waals surface area contributed by atoms with Gasteiger partial charge in [-0.25, -0.2) is 4.39 Å². The molecule has 1 saturated heterocycles. The number of rotatable bonds is 1. The molecule has 0 radical (unpaired) electrons. The maximum absolute atomic E-state index is 14.6. The van der Waals surface area contributed by atoms with Gasteiger partial charge in [-0.2, -0.15) is 0 Å². The number of piperidine rings is 1. The van der Waals surface area contributed by atoms with Crippen molar-refractivity contribution in [3.8, 4) is 22.6 Å². The number of aromatic nitrogens is 2. The lowest BCUT2D eigenvalue weighted by Crippen LogP contribution is -2.58. The minimum atomic E-state index is -0.636. The van der Waals surface area contributed by atoms with Crippen LogP contribution in [-0.4, -0.2) is 64.4 Å². The summed E-state index contributed by atoms with van der Waals surface area (Å²) < 4.78 is 26.5. The molecule has 6 bridgehead atoms. The standard InChI is InChI=1S/C32H28FN5O5/c33-24-10-20-11-26(14-24)43-29-7-9-38(32(41)27-6-1-2-8-35-27)18-28(29)37-31(40)23-12-22(16-34-17-23)21-4-3-5-25(13-21)42-19-30(39)36-15-20/h1-6,8,10-14,16-17,28-29H,7,9,15,18-19H2,(H,36,39)(H,37,40)/t28-,29+/m1/s1. The molecule has 0 spiro atoms. The van der Waals surface area contributed by atoms with Crippen LogP contribution in [0, 0.1) is 5.82 Å². The lowest BCUT2D eigenvalue weighted by atomic mass is 10.00. The van der Waals surface area contributed by atoms with Gasteiger partial charge in [-0.15, -0.1) is 0 Å². The Kier molecular flexibility index (Phi) is 7.94. The van der Waals surface area contributed by atoms with Crippen molar-refractivity contribution in [1.82, 2.24) is 25.5 Å². The third-order valence-electron chi connectivity index (χ3n) is 7.28. The first-order valence-electron chi connectivity index (χ1n) is 13.8. The third-order valence-corrected chi connectivity index (χ3v) is 7.28. The highest BCUT2D eigenvalue weighted by Crippen LogP contribution is 2.26. The molecule has 218 valence electrons. The van der Waals surface area contributed by atoms with Gasteiger partial charge >= 0.3 is 0 Å². The van der Waals surface area contributed by atoms with Crippen LogP contribution in [0.4, 0.5) is 4.39 Å². The fraction of sp³-hybridized carbons (Fsp3) is 0.219. The Balaban J connectivity index is 1.34. The summed E-state index contributed by atoms with van der Waals surface area (Å²) in [5.41, 5.74) is 2.52. The van der Waals surface area contributed by atoms with Crippen LogP contribution in [-0.2, 0) is 11.3 Å². The van der Waals surface area contributed by atoms with Crippen LogP contribution >= 0.6 is 0 Å². The normalized spacial score (nSPS) is 18.8. The highest BCUT2D eigenvalue weighted by atomic mass is 19.1. The molecule has 2 aliphatic rings. The Labute approximate surface area is 246 Å². The van der Waals surface area contributed by atoms with E-state index >= 15 is 0 Å². The van der Waals surface area contributed by atoms with Crippen molar-refractivity contribution in [2.45, 2.75) is 25.1 Å². The molecule has 2 atom stereocenters. The number of nitrogens with zero attached hydrogens (tertiary/aromatic N) is 3. The molecule has 3 amide bonds. The van der Waals surface area contributed by atoms with E-state index in [1.54, 1.807) is 65.8 Å². The molecule has 4 heterocycles. The van der Waals surface area contributed by atoms with Crippen molar-refractivity contribution in [2.75, 3.05) is 19.7 Å². The van der Waals surface area contributed by atoms with Gasteiger partial charge in [0.05, 0.1) is 11.6 Å². The Hall–Kier alpha value is -5.32. The van der Waals surface area contributed by atoms with E-state index in [0.29, 0.717) is 41.1 Å². The number of hydrogen-bond donors (Lipinski definition) is 2. The van der Waals surface area contributed by atoms with Crippen LogP contribution in [0.3, 0.4) is 0 Å². The molecule has 2 aromatic carbocycles. The van der Waals surface area contributed by atoms with Gasteiger partial charge in [-0.05, 0) is 53.6 Å². The predicted octanol–water partition coefficient (Wildman–Crippen LogP) is 3.38. The number of nitrogens with one attached hydrogen (secondary N) is 2. The Morgan fingerprint density at radius 2 is 1.84 bits per heavy atom. The number of benzene rings is 2. The summed E-state index contributed by atoms with van der Waals surface area (Å²) in [5, 5.41) is 5.76. The predicted molar refractivity (Wildman–Crippen MR) is 154 cm³/mol. The number of amides is 3. The average Bonchev–Trinajstić information content (AvgIpc) is 3.03. The van der Waals surface area contributed by atoms with E-state index in [1.165, 1.54) is 18.3 Å². The number of carbonyl (C=O) groups excluding carboxylic acids is 3. The van der Waals surface area contributed by atoms with Gasteiger partial charge in [0.2, 0.25) is 0 Å². The van der Waals surface area contributed by atoms with Crippen LogP contribution in [0.1, 0.15) is 32.8 Å². The van der Waals surface area contributed by atoms with E-state index in [4.69, 9.17) is 9.47 Å². The zero-order chi connectivity index (χ0) is 29.8. The topological polar surface area (TPSA) is 123 Å². The molecular formula is C32H28FN5O5. The van der Waals surface area contributed by atoms with Crippen LogP contribution < -0.4 is 20.1 Å². The quantitative estimate of drug-likeness (QED) is 0.353.